The van der Waals surface area contributed by atoms with E-state index in [0.717, 1.165) is 53.8 Å². The molecule has 2 unspecified atom stereocenters. The lowest BCUT2D eigenvalue weighted by molar-refractivity contribution is -0.123. The minimum Gasteiger partial charge on any atom is -0.497 e. The Morgan fingerprint density at radius 3 is 3.12 bits per heavy atom. The highest BCUT2D eigenvalue weighted by atomic mass is 16.5. The third kappa shape index (κ3) is 2.47. The maximum absolute atomic E-state index is 11.7. The lowest BCUT2D eigenvalue weighted by atomic mass is 9.97. The third-order valence-corrected chi connectivity index (χ3v) is 5.11. The number of rotatable bonds is 3. The summed E-state index contributed by atoms with van der Waals surface area (Å²) in [7, 11) is 1.66. The largest absolute Gasteiger partial charge is 0.497 e. The molecular formula is C18H21N3O3. The molecule has 6 heteroatoms. The van der Waals surface area contributed by atoms with Crippen LogP contribution in [0, 0.1) is 0 Å². The van der Waals surface area contributed by atoms with E-state index in [1.165, 1.54) is 0 Å². The number of benzene rings is 1. The molecule has 6 nitrogen and oxygen atoms in total. The second kappa shape index (κ2) is 5.94. The Labute approximate surface area is 140 Å². The lowest BCUT2D eigenvalue weighted by Crippen LogP contribution is -2.50. The molecule has 2 aliphatic rings. The summed E-state index contributed by atoms with van der Waals surface area (Å²) >= 11 is 0. The van der Waals surface area contributed by atoms with E-state index in [9.17, 15) is 4.79 Å². The van der Waals surface area contributed by atoms with E-state index >= 15 is 0 Å². The molecule has 0 spiro atoms. The number of fused-ring (bicyclic) bond motifs is 3. The summed E-state index contributed by atoms with van der Waals surface area (Å²) in [5, 5.41) is 1.05. The van der Waals surface area contributed by atoms with Crippen LogP contribution in [0.5, 0.6) is 11.5 Å². The second-order valence-corrected chi connectivity index (χ2v) is 6.45. The summed E-state index contributed by atoms with van der Waals surface area (Å²) in [6.45, 7) is 1.46. The molecule has 1 fully saturated rings. The van der Waals surface area contributed by atoms with Crippen molar-refractivity contribution in [3.05, 3.63) is 30.0 Å². The van der Waals surface area contributed by atoms with Crippen molar-refractivity contribution in [2.24, 2.45) is 5.73 Å². The Hall–Kier alpha value is -2.34. The van der Waals surface area contributed by atoms with E-state index in [0.29, 0.717) is 6.61 Å². The average molecular weight is 327 g/mol. The van der Waals surface area contributed by atoms with E-state index < -0.39 is 0 Å². The fourth-order valence-corrected chi connectivity index (χ4v) is 3.90. The number of hydrogen-bond donors (Lipinski definition) is 1. The first-order valence-corrected chi connectivity index (χ1v) is 8.31. The summed E-state index contributed by atoms with van der Waals surface area (Å²) in [6, 6.07) is 5.85. The van der Waals surface area contributed by atoms with E-state index in [1.54, 1.807) is 13.3 Å². The molecule has 24 heavy (non-hydrogen) atoms. The standard InChI is InChI=1S/C18H21N3O3/c1-23-12-4-5-15-13(8-12)14-7-11(10-24-17(14)9-20-15)21-6-2-3-16(21)18(19)22/h4-5,8-9,11,16H,2-3,6-7,10H2,1H3,(H2,19,22). The van der Waals surface area contributed by atoms with Gasteiger partial charge in [0.25, 0.3) is 0 Å². The zero-order valence-corrected chi connectivity index (χ0v) is 13.7. The van der Waals surface area contributed by atoms with E-state index in [-0.39, 0.29) is 18.0 Å². The van der Waals surface area contributed by atoms with Gasteiger partial charge in [-0.15, -0.1) is 0 Å². The van der Waals surface area contributed by atoms with Crippen molar-refractivity contribution in [3.63, 3.8) is 0 Å². The van der Waals surface area contributed by atoms with Crippen LogP contribution in [0.1, 0.15) is 18.4 Å². The number of carbonyl (C=O) groups is 1. The highest BCUT2D eigenvalue weighted by Gasteiger charge is 2.36. The van der Waals surface area contributed by atoms with Crippen molar-refractivity contribution in [1.82, 2.24) is 9.88 Å². The van der Waals surface area contributed by atoms with Gasteiger partial charge in [0, 0.05) is 17.0 Å². The van der Waals surface area contributed by atoms with Crippen molar-refractivity contribution in [2.45, 2.75) is 31.3 Å². The monoisotopic (exact) mass is 327 g/mol. The number of aromatic nitrogens is 1. The van der Waals surface area contributed by atoms with Crippen LogP contribution in [0.15, 0.2) is 24.4 Å². The molecule has 2 atom stereocenters. The molecule has 1 amide bonds. The summed E-state index contributed by atoms with van der Waals surface area (Å²) < 4.78 is 11.3. The van der Waals surface area contributed by atoms with E-state index in [1.807, 2.05) is 18.2 Å². The number of nitrogens with two attached hydrogens (primary N) is 1. The van der Waals surface area contributed by atoms with Gasteiger partial charge >= 0.3 is 0 Å². The van der Waals surface area contributed by atoms with Crippen molar-refractivity contribution >= 4 is 16.8 Å². The molecule has 3 heterocycles. The predicted octanol–water partition coefficient (Wildman–Crippen LogP) is 1.50. The number of amides is 1. The minimum atomic E-state index is -0.237. The van der Waals surface area contributed by atoms with Crippen LogP contribution in [0.3, 0.4) is 0 Å². The number of hydrogen-bond acceptors (Lipinski definition) is 5. The van der Waals surface area contributed by atoms with Crippen LogP contribution < -0.4 is 15.2 Å². The Balaban J connectivity index is 1.70. The topological polar surface area (TPSA) is 77.7 Å². The fraction of sp³-hybridized carbons (Fsp3) is 0.444. The highest BCUT2D eigenvalue weighted by Crippen LogP contribution is 2.35. The van der Waals surface area contributed by atoms with Crippen molar-refractivity contribution in [3.8, 4) is 11.5 Å². The Kier molecular flexibility index (Phi) is 3.76. The first kappa shape index (κ1) is 15.2. The molecule has 0 aliphatic carbocycles. The van der Waals surface area contributed by atoms with Gasteiger partial charge in [0.15, 0.2) is 0 Å². The van der Waals surface area contributed by atoms with Crippen LogP contribution >= 0.6 is 0 Å². The molecule has 0 saturated carbocycles. The van der Waals surface area contributed by atoms with Gasteiger partial charge in [-0.3, -0.25) is 14.7 Å². The number of nitrogens with zero attached hydrogens (tertiary/aromatic N) is 2. The van der Waals surface area contributed by atoms with Crippen LogP contribution in [-0.2, 0) is 11.2 Å². The van der Waals surface area contributed by atoms with Crippen LogP contribution in [0.25, 0.3) is 10.9 Å². The van der Waals surface area contributed by atoms with Gasteiger partial charge in [-0.2, -0.15) is 0 Å². The maximum atomic E-state index is 11.7. The van der Waals surface area contributed by atoms with Crippen molar-refractivity contribution in [2.75, 3.05) is 20.3 Å². The number of methoxy groups -OCH3 is 1. The second-order valence-electron chi connectivity index (χ2n) is 6.45. The number of primary amides is 1. The van der Waals surface area contributed by atoms with Gasteiger partial charge in [-0.05, 0) is 44.0 Å². The van der Waals surface area contributed by atoms with Gasteiger partial charge < -0.3 is 15.2 Å². The highest BCUT2D eigenvalue weighted by molar-refractivity contribution is 5.86. The summed E-state index contributed by atoms with van der Waals surface area (Å²) in [5.41, 5.74) is 7.62. The van der Waals surface area contributed by atoms with Gasteiger partial charge in [0.1, 0.15) is 18.1 Å². The minimum absolute atomic E-state index is 0.161. The number of likely N-dealkylation sites (tertiary alicyclic amines) is 1. The normalized spacial score (nSPS) is 23.7. The molecule has 1 aromatic heterocycles. The van der Waals surface area contributed by atoms with Crippen molar-refractivity contribution in [1.29, 1.82) is 0 Å². The first-order valence-electron chi connectivity index (χ1n) is 8.31. The molecule has 2 aliphatic heterocycles. The lowest BCUT2D eigenvalue weighted by Gasteiger charge is -2.35. The Morgan fingerprint density at radius 2 is 2.33 bits per heavy atom. The molecule has 0 radical (unpaired) electrons. The molecule has 2 N–H and O–H groups in total. The third-order valence-electron chi connectivity index (χ3n) is 5.11. The zero-order valence-electron chi connectivity index (χ0n) is 13.7. The molecule has 4 rings (SSSR count). The predicted molar refractivity (Wildman–Crippen MR) is 90.2 cm³/mol. The fourth-order valence-electron chi connectivity index (χ4n) is 3.90. The Bertz CT molecular complexity index is 787. The SMILES string of the molecule is COc1ccc2ncc3c(c2c1)CC(N1CCCC1C(N)=O)CO3. The first-order chi connectivity index (χ1) is 11.7. The number of pyridine rings is 1. The van der Waals surface area contributed by atoms with Crippen LogP contribution in [0.2, 0.25) is 0 Å². The quantitative estimate of drug-likeness (QED) is 0.924. The number of ether oxygens (including phenoxy) is 2. The van der Waals surface area contributed by atoms with Crippen LogP contribution in [0.4, 0.5) is 0 Å². The number of carbonyl (C=O) groups excluding carboxylic acids is 1. The smallest absolute Gasteiger partial charge is 0.234 e. The van der Waals surface area contributed by atoms with E-state index in [4.69, 9.17) is 15.2 Å². The van der Waals surface area contributed by atoms with E-state index in [2.05, 4.69) is 9.88 Å². The van der Waals surface area contributed by atoms with Crippen molar-refractivity contribution < 1.29 is 14.3 Å². The summed E-state index contributed by atoms with van der Waals surface area (Å²) in [6.07, 6.45) is 4.45. The molecule has 2 aromatic rings. The summed E-state index contributed by atoms with van der Waals surface area (Å²) in [4.78, 5) is 18.4. The van der Waals surface area contributed by atoms with Gasteiger partial charge in [0.2, 0.25) is 5.91 Å². The maximum Gasteiger partial charge on any atom is 0.234 e. The van der Waals surface area contributed by atoms with Gasteiger partial charge in [-0.1, -0.05) is 0 Å². The van der Waals surface area contributed by atoms with Crippen LogP contribution in [-0.4, -0.2) is 48.1 Å². The van der Waals surface area contributed by atoms with Gasteiger partial charge in [-0.25, -0.2) is 0 Å². The molecule has 126 valence electrons. The molecular weight excluding hydrogens is 306 g/mol. The zero-order chi connectivity index (χ0) is 16.7. The summed E-state index contributed by atoms with van der Waals surface area (Å²) in [5.74, 6) is 1.39. The van der Waals surface area contributed by atoms with Gasteiger partial charge in [0.05, 0.1) is 24.9 Å². The molecule has 1 aromatic carbocycles. The average Bonchev–Trinajstić information content (AvgIpc) is 3.10. The molecule has 1 saturated heterocycles. The molecule has 0 bridgehead atoms. The Morgan fingerprint density at radius 1 is 1.46 bits per heavy atom.